The average molecular weight is 271 g/mol. The summed E-state index contributed by atoms with van der Waals surface area (Å²) in [4.78, 5) is 14.8. The monoisotopic (exact) mass is 271 g/mol. The molecule has 0 atom stereocenters. The molecule has 1 N–H and O–H groups in total. The molecule has 0 saturated carbocycles. The highest BCUT2D eigenvalue weighted by atomic mass is 32.2. The minimum Gasteiger partial charge on any atom is -0.467 e. The maximum atomic E-state index is 5.10. The van der Waals surface area contributed by atoms with Crippen molar-refractivity contribution in [2.45, 2.75) is 13.3 Å². The van der Waals surface area contributed by atoms with Gasteiger partial charge >= 0.3 is 6.01 Å². The first-order chi connectivity index (χ1) is 8.71. The molecule has 1 aromatic heterocycles. The van der Waals surface area contributed by atoms with Crippen LogP contribution in [0.4, 0.5) is 11.9 Å². The van der Waals surface area contributed by atoms with Gasteiger partial charge in [0.1, 0.15) is 0 Å². The predicted octanol–water partition coefficient (Wildman–Crippen LogP) is 1.50. The number of anilines is 2. The van der Waals surface area contributed by atoms with Gasteiger partial charge in [-0.15, -0.1) is 0 Å². The highest BCUT2D eigenvalue weighted by Crippen LogP contribution is 2.14. The second-order valence-corrected chi connectivity index (χ2v) is 4.77. The number of rotatable bonds is 8. The van der Waals surface area contributed by atoms with Crippen LogP contribution in [0.3, 0.4) is 0 Å². The van der Waals surface area contributed by atoms with E-state index in [0.717, 1.165) is 25.3 Å². The molecule has 1 aromatic rings. The van der Waals surface area contributed by atoms with Gasteiger partial charge in [-0.25, -0.2) is 0 Å². The summed E-state index contributed by atoms with van der Waals surface area (Å²) in [5, 5.41) is 3.15. The van der Waals surface area contributed by atoms with E-state index < -0.39 is 0 Å². The Balaban J connectivity index is 2.81. The second kappa shape index (κ2) is 7.97. The van der Waals surface area contributed by atoms with E-state index in [1.165, 1.54) is 0 Å². The van der Waals surface area contributed by atoms with Crippen LogP contribution in [0.2, 0.25) is 0 Å². The number of thioether (sulfide) groups is 1. The third kappa shape index (κ3) is 4.56. The lowest BCUT2D eigenvalue weighted by Gasteiger charge is -2.17. The molecule has 0 fully saturated rings. The van der Waals surface area contributed by atoms with Crippen molar-refractivity contribution < 1.29 is 4.74 Å². The van der Waals surface area contributed by atoms with Crippen LogP contribution in [0.1, 0.15) is 13.3 Å². The number of nitrogens with zero attached hydrogens (tertiary/aromatic N) is 4. The first-order valence-corrected chi connectivity index (χ1v) is 7.34. The Kier molecular flexibility index (Phi) is 6.56. The first kappa shape index (κ1) is 14.8. The summed E-state index contributed by atoms with van der Waals surface area (Å²) < 4.78 is 5.10. The van der Waals surface area contributed by atoms with Crippen LogP contribution in [0.15, 0.2) is 0 Å². The highest BCUT2D eigenvalue weighted by molar-refractivity contribution is 7.98. The summed E-state index contributed by atoms with van der Waals surface area (Å²) in [6, 6.07) is 0.342. The smallest absolute Gasteiger partial charge is 0.322 e. The lowest BCUT2D eigenvalue weighted by atomic mass is 10.5. The number of aromatic nitrogens is 3. The molecule has 1 rings (SSSR count). The molecule has 0 amide bonds. The van der Waals surface area contributed by atoms with Gasteiger partial charge in [0, 0.05) is 25.9 Å². The van der Waals surface area contributed by atoms with Gasteiger partial charge in [-0.2, -0.15) is 26.7 Å². The van der Waals surface area contributed by atoms with E-state index in [1.807, 2.05) is 11.9 Å². The molecular weight excluding hydrogens is 250 g/mol. The van der Waals surface area contributed by atoms with Crippen molar-refractivity contribution >= 4 is 23.7 Å². The Bertz CT molecular complexity index is 363. The fourth-order valence-electron chi connectivity index (χ4n) is 1.25. The zero-order chi connectivity index (χ0) is 13.4. The van der Waals surface area contributed by atoms with Gasteiger partial charge in [0.2, 0.25) is 11.9 Å². The SMILES string of the molecule is CCCNc1nc(OC)nc(N(C)CCSC)n1. The Morgan fingerprint density at radius 3 is 2.72 bits per heavy atom. The van der Waals surface area contributed by atoms with Crippen molar-refractivity contribution in [1.29, 1.82) is 0 Å². The van der Waals surface area contributed by atoms with Crippen LogP contribution in [0.5, 0.6) is 6.01 Å². The van der Waals surface area contributed by atoms with E-state index in [1.54, 1.807) is 18.9 Å². The van der Waals surface area contributed by atoms with Gasteiger partial charge in [-0.1, -0.05) is 6.92 Å². The van der Waals surface area contributed by atoms with Crippen LogP contribution in [-0.4, -0.2) is 54.2 Å². The molecule has 6 nitrogen and oxygen atoms in total. The molecule has 0 aliphatic carbocycles. The molecule has 7 heteroatoms. The fourth-order valence-corrected chi connectivity index (χ4v) is 1.71. The van der Waals surface area contributed by atoms with Crippen LogP contribution < -0.4 is 15.0 Å². The fraction of sp³-hybridized carbons (Fsp3) is 0.727. The number of nitrogens with one attached hydrogen (secondary N) is 1. The van der Waals surface area contributed by atoms with Gasteiger partial charge in [-0.3, -0.25) is 0 Å². The summed E-state index contributed by atoms with van der Waals surface area (Å²) in [5.41, 5.74) is 0. The summed E-state index contributed by atoms with van der Waals surface area (Å²) in [7, 11) is 3.53. The quantitative estimate of drug-likeness (QED) is 0.768. The van der Waals surface area contributed by atoms with E-state index in [2.05, 4.69) is 33.4 Å². The molecular formula is C11H21N5OS. The van der Waals surface area contributed by atoms with E-state index in [9.17, 15) is 0 Å². The van der Waals surface area contributed by atoms with Crippen LogP contribution in [-0.2, 0) is 0 Å². The summed E-state index contributed by atoms with van der Waals surface area (Å²) in [5.74, 6) is 2.23. The van der Waals surface area contributed by atoms with Crippen LogP contribution in [0, 0.1) is 0 Å². The molecule has 102 valence electrons. The number of hydrogen-bond donors (Lipinski definition) is 1. The molecule has 18 heavy (non-hydrogen) atoms. The lowest BCUT2D eigenvalue weighted by Crippen LogP contribution is -2.23. The standard InChI is InChI=1S/C11H21N5OS/c1-5-6-12-9-13-10(15-11(14-9)17-3)16(2)7-8-18-4/h5-8H2,1-4H3,(H,12,13,14,15). The number of methoxy groups -OCH3 is 1. The van der Waals surface area contributed by atoms with Crippen molar-refractivity contribution in [3.05, 3.63) is 0 Å². The molecule has 1 heterocycles. The maximum absolute atomic E-state index is 5.10. The molecule has 0 saturated heterocycles. The molecule has 0 bridgehead atoms. The van der Waals surface area contributed by atoms with Crippen molar-refractivity contribution in [3.8, 4) is 6.01 Å². The van der Waals surface area contributed by atoms with Crippen molar-refractivity contribution in [1.82, 2.24) is 15.0 Å². The largest absolute Gasteiger partial charge is 0.467 e. The Morgan fingerprint density at radius 2 is 2.11 bits per heavy atom. The Hall–Kier alpha value is -1.24. The maximum Gasteiger partial charge on any atom is 0.322 e. The number of hydrogen-bond acceptors (Lipinski definition) is 7. The van der Waals surface area contributed by atoms with Crippen LogP contribution >= 0.6 is 11.8 Å². The minimum atomic E-state index is 0.342. The zero-order valence-corrected chi connectivity index (χ0v) is 12.3. The molecule has 0 spiro atoms. The number of ether oxygens (including phenoxy) is 1. The van der Waals surface area contributed by atoms with Gasteiger partial charge in [0.05, 0.1) is 7.11 Å². The molecule has 0 aromatic carbocycles. The van der Waals surface area contributed by atoms with Crippen LogP contribution in [0.25, 0.3) is 0 Å². The van der Waals surface area contributed by atoms with E-state index >= 15 is 0 Å². The Labute approximate surface area is 113 Å². The summed E-state index contributed by atoms with van der Waals surface area (Å²) >= 11 is 1.79. The van der Waals surface area contributed by atoms with Crippen molar-refractivity contribution in [3.63, 3.8) is 0 Å². The third-order valence-electron chi connectivity index (χ3n) is 2.29. The first-order valence-electron chi connectivity index (χ1n) is 5.95. The third-order valence-corrected chi connectivity index (χ3v) is 2.88. The molecule has 0 radical (unpaired) electrons. The molecule has 0 aliphatic heterocycles. The van der Waals surface area contributed by atoms with Gasteiger partial charge in [0.25, 0.3) is 0 Å². The second-order valence-electron chi connectivity index (χ2n) is 3.79. The van der Waals surface area contributed by atoms with Crippen molar-refractivity contribution in [2.24, 2.45) is 0 Å². The van der Waals surface area contributed by atoms with Gasteiger partial charge in [-0.05, 0) is 12.7 Å². The predicted molar refractivity (Wildman–Crippen MR) is 76.8 cm³/mol. The average Bonchev–Trinajstić information content (AvgIpc) is 2.41. The van der Waals surface area contributed by atoms with E-state index in [4.69, 9.17) is 4.74 Å². The zero-order valence-electron chi connectivity index (χ0n) is 11.4. The topological polar surface area (TPSA) is 63.2 Å². The van der Waals surface area contributed by atoms with Gasteiger partial charge < -0.3 is 15.0 Å². The van der Waals surface area contributed by atoms with Crippen molar-refractivity contribution in [2.75, 3.05) is 49.5 Å². The lowest BCUT2D eigenvalue weighted by molar-refractivity contribution is 0.379. The van der Waals surface area contributed by atoms with E-state index in [-0.39, 0.29) is 0 Å². The molecule has 0 aliphatic rings. The summed E-state index contributed by atoms with van der Waals surface area (Å²) in [6.45, 7) is 3.82. The minimum absolute atomic E-state index is 0.342. The summed E-state index contributed by atoms with van der Waals surface area (Å²) in [6.07, 6.45) is 3.10. The normalized spacial score (nSPS) is 10.2. The Morgan fingerprint density at radius 1 is 1.33 bits per heavy atom. The molecule has 0 unspecified atom stereocenters. The van der Waals surface area contributed by atoms with E-state index in [0.29, 0.717) is 17.9 Å². The highest BCUT2D eigenvalue weighted by Gasteiger charge is 2.10. The van der Waals surface area contributed by atoms with Gasteiger partial charge in [0.15, 0.2) is 0 Å².